The van der Waals surface area contributed by atoms with E-state index in [1.54, 1.807) is 20.9 Å². The van der Waals surface area contributed by atoms with Crippen LogP contribution in [0.5, 0.6) is 0 Å². The fourth-order valence-electron chi connectivity index (χ4n) is 1.13. The molecule has 8 heteroatoms. The molecule has 0 aliphatic rings. The number of aliphatic hydroxyl groups excluding tert-OH is 1. The highest BCUT2D eigenvalue weighted by molar-refractivity contribution is 7.89. The molecule has 6 nitrogen and oxygen atoms in total. The Morgan fingerprint density at radius 2 is 2.18 bits per heavy atom. The van der Waals surface area contributed by atoms with E-state index in [4.69, 9.17) is 16.7 Å². The van der Waals surface area contributed by atoms with Crippen LogP contribution in [0.3, 0.4) is 0 Å². The van der Waals surface area contributed by atoms with Gasteiger partial charge in [-0.05, 0) is 24.4 Å². The summed E-state index contributed by atoms with van der Waals surface area (Å²) in [6.45, 7) is 3.34. The average Bonchev–Trinajstić information content (AvgIpc) is 2.58. The van der Waals surface area contributed by atoms with Crippen molar-refractivity contribution < 1.29 is 13.5 Å². The van der Waals surface area contributed by atoms with E-state index >= 15 is 0 Å². The fourth-order valence-corrected chi connectivity index (χ4v) is 2.66. The summed E-state index contributed by atoms with van der Waals surface area (Å²) < 4.78 is 27.7. The molecule has 2 atom stereocenters. The van der Waals surface area contributed by atoms with Crippen LogP contribution in [0.2, 0.25) is 5.28 Å². The van der Waals surface area contributed by atoms with Crippen LogP contribution in [0.1, 0.15) is 13.8 Å². The average molecular weight is 282 g/mol. The number of aliphatic hydroxyl groups is 1. The lowest BCUT2D eigenvalue weighted by molar-refractivity contribution is 0.216. The van der Waals surface area contributed by atoms with Crippen molar-refractivity contribution in [1.29, 1.82) is 0 Å². The van der Waals surface area contributed by atoms with Crippen LogP contribution in [0.15, 0.2) is 11.2 Å². The predicted molar refractivity (Wildman–Crippen MR) is 64.3 cm³/mol. The summed E-state index contributed by atoms with van der Waals surface area (Å²) in [4.78, 5) is 3.74. The highest BCUT2D eigenvalue weighted by Gasteiger charge is 2.23. The van der Waals surface area contributed by atoms with E-state index in [-0.39, 0.29) is 28.9 Å². The topological polar surface area (TPSA) is 84.2 Å². The van der Waals surface area contributed by atoms with E-state index in [1.165, 1.54) is 10.8 Å². The molecular weight excluding hydrogens is 266 g/mol. The van der Waals surface area contributed by atoms with Crippen molar-refractivity contribution in [3.63, 3.8) is 0 Å². The second-order valence-corrected chi connectivity index (χ2v) is 6.03. The van der Waals surface area contributed by atoms with Crippen LogP contribution in [0.4, 0.5) is 0 Å². The molecule has 1 rings (SSSR count). The van der Waals surface area contributed by atoms with Gasteiger partial charge in [0.2, 0.25) is 5.28 Å². The maximum atomic E-state index is 11.9. The highest BCUT2D eigenvalue weighted by atomic mass is 35.5. The summed E-state index contributed by atoms with van der Waals surface area (Å²) in [5.74, 6) is -0.177. The van der Waals surface area contributed by atoms with Gasteiger partial charge >= 0.3 is 0 Å². The molecule has 98 valence electrons. The Morgan fingerprint density at radius 3 is 2.59 bits per heavy atom. The first kappa shape index (κ1) is 14.4. The largest absolute Gasteiger partial charge is 0.396 e. The smallest absolute Gasteiger partial charge is 0.259 e. The zero-order valence-electron chi connectivity index (χ0n) is 9.88. The van der Waals surface area contributed by atoms with Crippen LogP contribution < -0.4 is 4.72 Å². The lowest BCUT2D eigenvalue weighted by atomic mass is 10.1. The van der Waals surface area contributed by atoms with E-state index in [1.807, 2.05) is 0 Å². The normalized spacial score (nSPS) is 15.8. The first-order chi connectivity index (χ1) is 7.77. The molecule has 0 radical (unpaired) electrons. The Morgan fingerprint density at radius 1 is 1.59 bits per heavy atom. The molecule has 0 aliphatic carbocycles. The molecule has 0 amide bonds. The minimum Gasteiger partial charge on any atom is -0.396 e. The van der Waals surface area contributed by atoms with Crippen molar-refractivity contribution in [1.82, 2.24) is 14.3 Å². The summed E-state index contributed by atoms with van der Waals surface area (Å²) in [5, 5.41) is 8.93. The third kappa shape index (κ3) is 3.41. The van der Waals surface area contributed by atoms with Crippen LogP contribution in [-0.4, -0.2) is 35.7 Å². The van der Waals surface area contributed by atoms with Crippen molar-refractivity contribution in [3.05, 3.63) is 11.5 Å². The van der Waals surface area contributed by atoms with Gasteiger partial charge in [-0.25, -0.2) is 18.1 Å². The standard InChI is InChI=1S/C9H16ClN3O3S/c1-6(5-14)7(2)12-17(15,16)8-4-13(3)9(10)11-8/h4,6-7,12,14H,5H2,1-3H3. The minimum atomic E-state index is -3.69. The van der Waals surface area contributed by atoms with Gasteiger partial charge < -0.3 is 9.67 Å². The molecular formula is C9H16ClN3O3S. The first-order valence-corrected chi connectivity index (χ1v) is 6.96. The van der Waals surface area contributed by atoms with Gasteiger partial charge in [0, 0.05) is 25.9 Å². The van der Waals surface area contributed by atoms with E-state index in [0.717, 1.165) is 0 Å². The van der Waals surface area contributed by atoms with E-state index < -0.39 is 10.0 Å². The number of imidazole rings is 1. The number of hydrogen-bond acceptors (Lipinski definition) is 4. The number of nitrogens with one attached hydrogen (secondary N) is 1. The summed E-state index contributed by atoms with van der Waals surface area (Å²) in [6.07, 6.45) is 1.33. The van der Waals surface area contributed by atoms with Gasteiger partial charge in [-0.2, -0.15) is 0 Å². The van der Waals surface area contributed by atoms with Crippen LogP contribution in [-0.2, 0) is 17.1 Å². The molecule has 0 saturated heterocycles. The van der Waals surface area contributed by atoms with Gasteiger partial charge in [0.25, 0.3) is 10.0 Å². The van der Waals surface area contributed by atoms with Crippen molar-refractivity contribution in [2.45, 2.75) is 24.9 Å². The quantitative estimate of drug-likeness (QED) is 0.817. The van der Waals surface area contributed by atoms with Crippen molar-refractivity contribution in [2.24, 2.45) is 13.0 Å². The lowest BCUT2D eigenvalue weighted by Gasteiger charge is -2.18. The molecule has 0 bridgehead atoms. The first-order valence-electron chi connectivity index (χ1n) is 5.10. The number of nitrogens with zero attached hydrogens (tertiary/aromatic N) is 2. The SMILES string of the molecule is CC(CO)C(C)NS(=O)(=O)c1cn(C)c(Cl)n1. The third-order valence-electron chi connectivity index (χ3n) is 2.56. The van der Waals surface area contributed by atoms with E-state index in [0.29, 0.717) is 0 Å². The fraction of sp³-hybridized carbons (Fsp3) is 0.667. The maximum absolute atomic E-state index is 11.9. The maximum Gasteiger partial charge on any atom is 0.259 e. The molecule has 0 saturated carbocycles. The number of aryl methyl sites for hydroxylation is 1. The van der Waals surface area contributed by atoms with Gasteiger partial charge in [0.05, 0.1) is 0 Å². The predicted octanol–water partition coefficient (Wildman–Crippen LogP) is 0.369. The van der Waals surface area contributed by atoms with Gasteiger partial charge in [0.1, 0.15) is 0 Å². The third-order valence-corrected chi connectivity index (χ3v) is 4.34. The summed E-state index contributed by atoms with van der Waals surface area (Å²) >= 11 is 5.68. The number of halogens is 1. The Labute approximate surface area is 106 Å². The number of hydrogen-bond donors (Lipinski definition) is 2. The molecule has 17 heavy (non-hydrogen) atoms. The molecule has 0 aliphatic heterocycles. The Bertz CT molecular complexity index is 466. The highest BCUT2D eigenvalue weighted by Crippen LogP contribution is 2.13. The number of rotatable bonds is 5. The van der Waals surface area contributed by atoms with Crippen molar-refractivity contribution in [2.75, 3.05) is 6.61 Å². The van der Waals surface area contributed by atoms with E-state index in [9.17, 15) is 8.42 Å². The van der Waals surface area contributed by atoms with Gasteiger partial charge in [-0.15, -0.1) is 0 Å². The summed E-state index contributed by atoms with van der Waals surface area (Å²) in [5.41, 5.74) is 0. The molecule has 0 aromatic carbocycles. The lowest BCUT2D eigenvalue weighted by Crippen LogP contribution is -2.38. The Hall–Kier alpha value is -0.630. The Balaban J connectivity index is 2.89. The minimum absolute atomic E-state index is 0.0906. The monoisotopic (exact) mass is 281 g/mol. The van der Waals surface area contributed by atoms with Crippen LogP contribution in [0.25, 0.3) is 0 Å². The van der Waals surface area contributed by atoms with Crippen LogP contribution >= 0.6 is 11.6 Å². The molecule has 1 heterocycles. The van der Waals surface area contributed by atoms with E-state index in [2.05, 4.69) is 9.71 Å². The second kappa shape index (κ2) is 5.34. The van der Waals surface area contributed by atoms with Gasteiger partial charge in [-0.3, -0.25) is 0 Å². The van der Waals surface area contributed by atoms with Crippen molar-refractivity contribution in [3.8, 4) is 0 Å². The van der Waals surface area contributed by atoms with Crippen molar-refractivity contribution >= 4 is 21.6 Å². The number of aromatic nitrogens is 2. The van der Waals surface area contributed by atoms with Crippen LogP contribution in [0, 0.1) is 5.92 Å². The Kier molecular flexibility index (Phi) is 4.54. The molecule has 1 aromatic rings. The molecule has 2 N–H and O–H groups in total. The summed E-state index contributed by atoms with van der Waals surface area (Å²) in [7, 11) is -2.09. The van der Waals surface area contributed by atoms with Gasteiger partial charge in [0.15, 0.2) is 5.03 Å². The second-order valence-electron chi connectivity index (χ2n) is 4.03. The molecule has 1 aromatic heterocycles. The zero-order chi connectivity index (χ0) is 13.2. The zero-order valence-corrected chi connectivity index (χ0v) is 11.5. The molecule has 2 unspecified atom stereocenters. The summed E-state index contributed by atoms with van der Waals surface area (Å²) in [6, 6.07) is -0.384. The molecule has 0 spiro atoms. The molecule has 0 fully saturated rings. The van der Waals surface area contributed by atoms with Gasteiger partial charge in [-0.1, -0.05) is 6.92 Å². The number of sulfonamides is 1.